The highest BCUT2D eigenvalue weighted by molar-refractivity contribution is 8.77. The van der Waals surface area contributed by atoms with Gasteiger partial charge in [-0.05, 0) is 12.8 Å². The first-order valence-electron chi connectivity index (χ1n) is 11.5. The van der Waals surface area contributed by atoms with Gasteiger partial charge in [0.1, 0.15) is 11.7 Å². The number of halogens is 1. The molecule has 0 bridgehead atoms. The molecule has 174 valence electrons. The van der Waals surface area contributed by atoms with Gasteiger partial charge in [-0.1, -0.05) is 112 Å². The second kappa shape index (κ2) is 26.0. The lowest BCUT2D eigenvalue weighted by atomic mass is 10.1. The van der Waals surface area contributed by atoms with Crippen molar-refractivity contribution in [3.05, 3.63) is 0 Å². The summed E-state index contributed by atoms with van der Waals surface area (Å²) in [4.78, 5) is 8.94. The number of rotatable bonds is 21. The number of nitrogens with two attached hydrogens (primary N) is 2. The van der Waals surface area contributed by atoms with Gasteiger partial charge in [-0.2, -0.15) is 0 Å². The van der Waals surface area contributed by atoms with E-state index in [1.807, 2.05) is 0 Å². The van der Waals surface area contributed by atoms with Crippen LogP contribution in [0.5, 0.6) is 0 Å². The standard InChI is InChI=1S/C22H46N4S2.ClH/c1-3-5-7-9-11-13-15-17-25-21(23)19-27-28-20-22(24)26-18-16-14-12-10-8-6-4-2;/h3-20H2,1-2H3,(H2,23,25)(H2,24,26);1H. The third-order valence-corrected chi connectivity index (χ3v) is 6.85. The molecule has 0 aliphatic rings. The Hall–Kier alpha value is -0.0700. The van der Waals surface area contributed by atoms with Crippen molar-refractivity contribution in [1.82, 2.24) is 0 Å². The van der Waals surface area contributed by atoms with Crippen LogP contribution in [0.4, 0.5) is 0 Å². The maximum absolute atomic E-state index is 5.98. The quantitative estimate of drug-likeness (QED) is 0.0825. The van der Waals surface area contributed by atoms with Crippen molar-refractivity contribution in [1.29, 1.82) is 0 Å². The monoisotopic (exact) mass is 466 g/mol. The van der Waals surface area contributed by atoms with Crippen LogP contribution in [-0.2, 0) is 0 Å². The Morgan fingerprint density at radius 1 is 0.552 bits per heavy atom. The number of hydrogen-bond donors (Lipinski definition) is 2. The van der Waals surface area contributed by atoms with Gasteiger partial charge in [-0.15, -0.1) is 12.4 Å². The van der Waals surface area contributed by atoms with Gasteiger partial charge in [0.05, 0.1) is 11.5 Å². The van der Waals surface area contributed by atoms with Crippen LogP contribution in [-0.4, -0.2) is 36.3 Å². The molecule has 0 fully saturated rings. The van der Waals surface area contributed by atoms with Crippen LogP contribution >= 0.6 is 34.0 Å². The van der Waals surface area contributed by atoms with E-state index in [2.05, 4.69) is 23.8 Å². The van der Waals surface area contributed by atoms with E-state index in [0.717, 1.165) is 49.1 Å². The lowest BCUT2D eigenvalue weighted by Gasteiger charge is -2.03. The minimum atomic E-state index is 0. The second-order valence-corrected chi connectivity index (χ2v) is 9.98. The minimum Gasteiger partial charge on any atom is -0.387 e. The van der Waals surface area contributed by atoms with Crippen LogP contribution in [0.15, 0.2) is 9.98 Å². The number of unbranched alkanes of at least 4 members (excludes halogenated alkanes) is 12. The normalized spacial score (nSPS) is 12.2. The van der Waals surface area contributed by atoms with E-state index in [9.17, 15) is 0 Å². The number of hydrogen-bond acceptors (Lipinski definition) is 4. The van der Waals surface area contributed by atoms with Crippen molar-refractivity contribution in [3.8, 4) is 0 Å². The van der Waals surface area contributed by atoms with Gasteiger partial charge in [0.15, 0.2) is 0 Å². The van der Waals surface area contributed by atoms with Gasteiger partial charge in [0, 0.05) is 13.1 Å². The fourth-order valence-electron chi connectivity index (χ4n) is 2.88. The molecule has 0 aromatic rings. The van der Waals surface area contributed by atoms with Crippen molar-refractivity contribution in [2.24, 2.45) is 21.5 Å². The highest BCUT2D eigenvalue weighted by Gasteiger charge is 1.98. The highest BCUT2D eigenvalue weighted by Crippen LogP contribution is 2.20. The summed E-state index contributed by atoms with van der Waals surface area (Å²) >= 11 is 0. The molecule has 0 rings (SSSR count). The van der Waals surface area contributed by atoms with Crippen LogP contribution in [0.2, 0.25) is 0 Å². The molecule has 0 saturated carbocycles. The molecular weight excluding hydrogens is 420 g/mol. The smallest absolute Gasteiger partial charge is 0.105 e. The molecule has 4 nitrogen and oxygen atoms in total. The summed E-state index contributed by atoms with van der Waals surface area (Å²) in [6.45, 7) is 6.25. The van der Waals surface area contributed by atoms with Crippen LogP contribution in [0.25, 0.3) is 0 Å². The van der Waals surface area contributed by atoms with E-state index in [-0.39, 0.29) is 12.4 Å². The Kier molecular flexibility index (Phi) is 27.9. The molecule has 4 N–H and O–H groups in total. The van der Waals surface area contributed by atoms with Gasteiger partial charge >= 0.3 is 0 Å². The van der Waals surface area contributed by atoms with Gasteiger partial charge in [-0.3, -0.25) is 9.98 Å². The molecule has 0 aliphatic heterocycles. The summed E-state index contributed by atoms with van der Waals surface area (Å²) in [7, 11) is 3.44. The average molecular weight is 467 g/mol. The number of aliphatic imine (C=N–C) groups is 2. The first kappa shape index (κ1) is 31.1. The van der Waals surface area contributed by atoms with E-state index < -0.39 is 0 Å². The topological polar surface area (TPSA) is 76.8 Å². The van der Waals surface area contributed by atoms with Crippen molar-refractivity contribution >= 4 is 45.7 Å². The third kappa shape index (κ3) is 25.9. The van der Waals surface area contributed by atoms with Gasteiger partial charge in [0.2, 0.25) is 0 Å². The van der Waals surface area contributed by atoms with Crippen LogP contribution in [0, 0.1) is 0 Å². The number of amidine groups is 2. The van der Waals surface area contributed by atoms with E-state index in [0.29, 0.717) is 0 Å². The van der Waals surface area contributed by atoms with E-state index in [1.54, 1.807) is 21.6 Å². The summed E-state index contributed by atoms with van der Waals surface area (Å²) in [5.74, 6) is 3.04. The van der Waals surface area contributed by atoms with Crippen molar-refractivity contribution in [3.63, 3.8) is 0 Å². The van der Waals surface area contributed by atoms with Crippen LogP contribution in [0.3, 0.4) is 0 Å². The van der Waals surface area contributed by atoms with E-state index >= 15 is 0 Å². The highest BCUT2D eigenvalue weighted by atomic mass is 35.5. The predicted octanol–water partition coefficient (Wildman–Crippen LogP) is 7.01. The Morgan fingerprint density at radius 3 is 1.21 bits per heavy atom. The maximum atomic E-state index is 5.98. The van der Waals surface area contributed by atoms with E-state index in [1.165, 1.54) is 77.0 Å². The molecule has 0 saturated heterocycles. The summed E-state index contributed by atoms with van der Waals surface area (Å²) in [5, 5.41) is 0. The summed E-state index contributed by atoms with van der Waals surface area (Å²) in [6, 6.07) is 0. The fourth-order valence-corrected chi connectivity index (χ4v) is 4.69. The average Bonchev–Trinajstić information content (AvgIpc) is 2.69. The lowest BCUT2D eigenvalue weighted by Crippen LogP contribution is -2.17. The zero-order chi connectivity index (χ0) is 20.7. The Labute approximate surface area is 195 Å². The predicted molar refractivity (Wildman–Crippen MR) is 141 cm³/mol. The molecule has 0 spiro atoms. The van der Waals surface area contributed by atoms with E-state index in [4.69, 9.17) is 11.5 Å². The minimum absolute atomic E-state index is 0. The van der Waals surface area contributed by atoms with Crippen molar-refractivity contribution in [2.45, 2.75) is 104 Å². The molecule has 0 aromatic heterocycles. The zero-order valence-electron chi connectivity index (χ0n) is 19.0. The molecule has 0 unspecified atom stereocenters. The second-order valence-electron chi connectivity index (χ2n) is 7.51. The molecule has 29 heavy (non-hydrogen) atoms. The van der Waals surface area contributed by atoms with Crippen LogP contribution < -0.4 is 11.5 Å². The molecule has 0 aliphatic carbocycles. The van der Waals surface area contributed by atoms with Crippen LogP contribution in [0.1, 0.15) is 104 Å². The molecule has 0 aromatic carbocycles. The Morgan fingerprint density at radius 2 is 0.862 bits per heavy atom. The SMILES string of the molecule is CCCCCCCCCN=C(N)CSSCC(N)=NCCCCCCCCC.Cl. The Balaban J connectivity index is 0. The fraction of sp³-hybridized carbons (Fsp3) is 0.909. The van der Waals surface area contributed by atoms with Gasteiger partial charge in [0.25, 0.3) is 0 Å². The first-order chi connectivity index (χ1) is 13.7. The Bertz CT molecular complexity index is 357. The zero-order valence-corrected chi connectivity index (χ0v) is 21.5. The molecule has 0 radical (unpaired) electrons. The summed E-state index contributed by atoms with van der Waals surface area (Å²) in [5.41, 5.74) is 12.0. The van der Waals surface area contributed by atoms with Gasteiger partial charge < -0.3 is 11.5 Å². The summed E-state index contributed by atoms with van der Waals surface area (Å²) < 4.78 is 0. The number of nitrogens with zero attached hydrogens (tertiary/aromatic N) is 2. The molecule has 0 heterocycles. The molecular formula is C22H47ClN4S2. The lowest BCUT2D eigenvalue weighted by molar-refractivity contribution is 0.593. The van der Waals surface area contributed by atoms with Gasteiger partial charge in [-0.25, -0.2) is 0 Å². The molecule has 7 heteroatoms. The molecule has 0 atom stereocenters. The third-order valence-electron chi connectivity index (χ3n) is 4.65. The summed E-state index contributed by atoms with van der Waals surface area (Å²) in [6.07, 6.45) is 18.4. The first-order valence-corrected chi connectivity index (χ1v) is 14.0. The van der Waals surface area contributed by atoms with Crippen molar-refractivity contribution in [2.75, 3.05) is 24.6 Å². The maximum Gasteiger partial charge on any atom is 0.105 e. The van der Waals surface area contributed by atoms with Crippen molar-refractivity contribution < 1.29 is 0 Å². The molecule has 0 amide bonds. The largest absolute Gasteiger partial charge is 0.387 e.